The lowest BCUT2D eigenvalue weighted by atomic mass is 10.2. The average Bonchev–Trinajstić information content (AvgIpc) is 2.74. The van der Waals surface area contributed by atoms with Gasteiger partial charge in [0.1, 0.15) is 6.54 Å². The summed E-state index contributed by atoms with van der Waals surface area (Å²) in [4.78, 5) is 12.7. The van der Waals surface area contributed by atoms with Gasteiger partial charge in [0.15, 0.2) is 0 Å². The molecule has 0 saturated carbocycles. The van der Waals surface area contributed by atoms with Crippen LogP contribution >= 0.6 is 11.3 Å². The normalized spacial score (nSPS) is 11.5. The van der Waals surface area contributed by atoms with E-state index >= 15 is 0 Å². The third-order valence-corrected chi connectivity index (χ3v) is 2.89. The van der Waals surface area contributed by atoms with Crippen LogP contribution in [0, 0.1) is 0 Å². The largest absolute Gasteiger partial charge is 0.406 e. The molecule has 0 aliphatic rings. The topological polar surface area (TPSA) is 20.3 Å². The van der Waals surface area contributed by atoms with E-state index in [1.54, 1.807) is 16.8 Å². The Balaban J connectivity index is 2.72. The molecule has 0 aliphatic carbocycles. The Kier molecular flexibility index (Phi) is 4.99. The number of alkyl halides is 3. The summed E-state index contributed by atoms with van der Waals surface area (Å²) in [5.74, 6) is -0.544. The van der Waals surface area contributed by atoms with Crippen LogP contribution in [-0.4, -0.2) is 30.1 Å². The molecule has 1 aromatic rings. The SMILES string of the molecule is CCCCN(CC(F)(F)F)C(=O)c1ccsc1. The summed E-state index contributed by atoms with van der Waals surface area (Å²) in [6.45, 7) is 0.840. The lowest BCUT2D eigenvalue weighted by molar-refractivity contribution is -0.140. The summed E-state index contributed by atoms with van der Waals surface area (Å²) in [7, 11) is 0. The van der Waals surface area contributed by atoms with E-state index in [4.69, 9.17) is 0 Å². The van der Waals surface area contributed by atoms with Crippen molar-refractivity contribution in [2.45, 2.75) is 25.9 Å². The maximum atomic E-state index is 12.3. The van der Waals surface area contributed by atoms with Crippen LogP contribution in [0.3, 0.4) is 0 Å². The zero-order chi connectivity index (χ0) is 12.9. The molecule has 2 nitrogen and oxygen atoms in total. The highest BCUT2D eigenvalue weighted by atomic mass is 32.1. The number of unbranched alkanes of at least 4 members (excludes halogenated alkanes) is 1. The summed E-state index contributed by atoms with van der Waals surface area (Å²) >= 11 is 1.30. The van der Waals surface area contributed by atoms with Crippen molar-refractivity contribution >= 4 is 17.2 Å². The van der Waals surface area contributed by atoms with Crippen LogP contribution in [0.25, 0.3) is 0 Å². The first-order valence-corrected chi connectivity index (χ1v) is 6.26. The Morgan fingerprint density at radius 1 is 1.47 bits per heavy atom. The number of hydrogen-bond donors (Lipinski definition) is 0. The number of rotatable bonds is 5. The van der Waals surface area contributed by atoms with Crippen molar-refractivity contribution in [2.75, 3.05) is 13.1 Å². The average molecular weight is 265 g/mol. The quantitative estimate of drug-likeness (QED) is 0.797. The third kappa shape index (κ3) is 4.77. The number of amides is 1. The van der Waals surface area contributed by atoms with E-state index in [-0.39, 0.29) is 6.54 Å². The fourth-order valence-corrected chi connectivity index (χ4v) is 2.02. The Morgan fingerprint density at radius 2 is 2.18 bits per heavy atom. The van der Waals surface area contributed by atoms with Gasteiger partial charge in [0, 0.05) is 11.9 Å². The minimum atomic E-state index is -4.35. The Hall–Kier alpha value is -1.04. The molecule has 0 aliphatic heterocycles. The van der Waals surface area contributed by atoms with Gasteiger partial charge in [0.25, 0.3) is 5.91 Å². The van der Waals surface area contributed by atoms with E-state index in [9.17, 15) is 18.0 Å². The molecular weight excluding hydrogens is 251 g/mol. The summed E-state index contributed by atoms with van der Waals surface area (Å²) in [5.41, 5.74) is 0.329. The first-order valence-electron chi connectivity index (χ1n) is 5.32. The molecule has 0 spiro atoms. The zero-order valence-electron chi connectivity index (χ0n) is 9.46. The number of hydrogen-bond acceptors (Lipinski definition) is 2. The van der Waals surface area contributed by atoms with Crippen molar-refractivity contribution in [3.05, 3.63) is 22.4 Å². The second-order valence-corrected chi connectivity index (χ2v) is 4.49. The van der Waals surface area contributed by atoms with E-state index in [2.05, 4.69) is 0 Å². The highest BCUT2D eigenvalue weighted by Gasteiger charge is 2.33. The number of thiophene rings is 1. The molecule has 0 unspecified atom stereocenters. The predicted molar refractivity (Wildman–Crippen MR) is 61.2 cm³/mol. The van der Waals surface area contributed by atoms with Crippen molar-refractivity contribution in [1.82, 2.24) is 4.90 Å². The van der Waals surface area contributed by atoms with Crippen molar-refractivity contribution in [3.63, 3.8) is 0 Å². The molecule has 1 rings (SSSR count). The summed E-state index contributed by atoms with van der Waals surface area (Å²) in [5, 5.41) is 3.25. The van der Waals surface area contributed by atoms with Crippen LogP contribution in [0.2, 0.25) is 0 Å². The van der Waals surface area contributed by atoms with Crippen molar-refractivity contribution in [1.29, 1.82) is 0 Å². The molecule has 1 heterocycles. The number of carbonyl (C=O) groups is 1. The summed E-state index contributed by atoms with van der Waals surface area (Å²) in [6.07, 6.45) is -3.02. The molecular formula is C11H14F3NOS. The van der Waals surface area contributed by atoms with E-state index in [0.717, 1.165) is 11.3 Å². The molecule has 6 heteroatoms. The summed E-state index contributed by atoms with van der Waals surface area (Å²) in [6, 6.07) is 1.54. The highest BCUT2D eigenvalue weighted by Crippen LogP contribution is 2.19. The molecule has 0 N–H and O–H groups in total. The second kappa shape index (κ2) is 6.05. The molecule has 0 atom stereocenters. The molecule has 1 amide bonds. The van der Waals surface area contributed by atoms with Crippen LogP contribution in [0.4, 0.5) is 13.2 Å². The number of nitrogens with zero attached hydrogens (tertiary/aromatic N) is 1. The van der Waals surface area contributed by atoms with Gasteiger partial charge in [-0.2, -0.15) is 24.5 Å². The molecule has 0 saturated heterocycles. The lowest BCUT2D eigenvalue weighted by Crippen LogP contribution is -2.39. The maximum Gasteiger partial charge on any atom is 0.406 e. The van der Waals surface area contributed by atoms with Crippen LogP contribution in [0.5, 0.6) is 0 Å². The number of halogens is 3. The highest BCUT2D eigenvalue weighted by molar-refractivity contribution is 7.08. The van der Waals surface area contributed by atoms with E-state index in [0.29, 0.717) is 12.0 Å². The molecule has 96 valence electrons. The van der Waals surface area contributed by atoms with E-state index < -0.39 is 18.6 Å². The molecule has 0 bridgehead atoms. The van der Waals surface area contributed by atoms with Crippen LogP contribution in [0.1, 0.15) is 30.1 Å². The number of carbonyl (C=O) groups excluding carboxylic acids is 1. The van der Waals surface area contributed by atoms with Gasteiger partial charge >= 0.3 is 6.18 Å². The Labute approximate surface area is 102 Å². The van der Waals surface area contributed by atoms with Crippen LogP contribution in [-0.2, 0) is 0 Å². The molecule has 0 aromatic carbocycles. The first-order chi connectivity index (χ1) is 7.94. The van der Waals surface area contributed by atoms with Gasteiger partial charge in [-0.05, 0) is 17.9 Å². The maximum absolute atomic E-state index is 12.3. The Bertz CT molecular complexity index is 348. The molecule has 17 heavy (non-hydrogen) atoms. The molecule has 0 fully saturated rings. The first kappa shape index (κ1) is 14.0. The van der Waals surface area contributed by atoms with Gasteiger partial charge in [0.05, 0.1) is 5.56 Å². The second-order valence-electron chi connectivity index (χ2n) is 3.71. The van der Waals surface area contributed by atoms with Gasteiger partial charge in [0.2, 0.25) is 0 Å². The molecule has 1 aromatic heterocycles. The molecule has 0 radical (unpaired) electrons. The van der Waals surface area contributed by atoms with E-state index in [1.165, 1.54) is 11.3 Å². The minimum absolute atomic E-state index is 0.144. The van der Waals surface area contributed by atoms with Gasteiger partial charge < -0.3 is 4.90 Å². The van der Waals surface area contributed by atoms with E-state index in [1.807, 2.05) is 6.92 Å². The Morgan fingerprint density at radius 3 is 2.65 bits per heavy atom. The van der Waals surface area contributed by atoms with Crippen molar-refractivity contribution < 1.29 is 18.0 Å². The summed E-state index contributed by atoms with van der Waals surface area (Å²) < 4.78 is 37.0. The minimum Gasteiger partial charge on any atom is -0.330 e. The lowest BCUT2D eigenvalue weighted by Gasteiger charge is -2.23. The van der Waals surface area contributed by atoms with Gasteiger partial charge in [-0.25, -0.2) is 0 Å². The standard InChI is InChI=1S/C11H14F3NOS/c1-2-3-5-15(8-11(12,13)14)10(16)9-4-6-17-7-9/h4,6-7H,2-3,5,8H2,1H3. The zero-order valence-corrected chi connectivity index (χ0v) is 10.3. The smallest absolute Gasteiger partial charge is 0.330 e. The fourth-order valence-electron chi connectivity index (χ4n) is 1.39. The monoisotopic (exact) mass is 265 g/mol. The van der Waals surface area contributed by atoms with Gasteiger partial charge in [-0.15, -0.1) is 0 Å². The fraction of sp³-hybridized carbons (Fsp3) is 0.545. The third-order valence-electron chi connectivity index (χ3n) is 2.21. The van der Waals surface area contributed by atoms with Crippen molar-refractivity contribution in [2.24, 2.45) is 0 Å². The van der Waals surface area contributed by atoms with Gasteiger partial charge in [-0.3, -0.25) is 4.79 Å². The van der Waals surface area contributed by atoms with Crippen LogP contribution < -0.4 is 0 Å². The van der Waals surface area contributed by atoms with Crippen molar-refractivity contribution in [3.8, 4) is 0 Å². The van der Waals surface area contributed by atoms with Gasteiger partial charge in [-0.1, -0.05) is 13.3 Å². The van der Waals surface area contributed by atoms with Crippen LogP contribution in [0.15, 0.2) is 16.8 Å². The predicted octanol–water partition coefficient (Wildman–Crippen LogP) is 3.55.